The Hall–Kier alpha value is -3.78. The summed E-state index contributed by atoms with van der Waals surface area (Å²) in [6.07, 6.45) is 1.15. The molecule has 170 valence electrons. The average Bonchev–Trinajstić information content (AvgIpc) is 2.82. The Bertz CT molecular complexity index is 1340. The number of nitrogens with two attached hydrogens (primary N) is 2. The van der Waals surface area contributed by atoms with Crippen LogP contribution in [-0.4, -0.2) is 30.4 Å². The maximum Gasteiger partial charge on any atom is 0.309 e. The molecule has 0 saturated carbocycles. The molecule has 3 aromatic carbocycles. The van der Waals surface area contributed by atoms with Crippen molar-refractivity contribution >= 4 is 23.1 Å². The maximum atomic E-state index is 12.0. The number of hydrogen-bond donors (Lipinski definition) is 3. The normalized spacial score (nSPS) is 13.9. The van der Waals surface area contributed by atoms with Crippen molar-refractivity contribution in [1.82, 2.24) is 0 Å². The van der Waals surface area contributed by atoms with E-state index in [1.807, 2.05) is 35.2 Å². The van der Waals surface area contributed by atoms with Crippen LogP contribution in [0.2, 0.25) is 0 Å². The van der Waals surface area contributed by atoms with Crippen LogP contribution in [0.5, 0.6) is 0 Å². The molecular weight excluding hydrogens is 420 g/mol. The number of aliphatic imine (C=N–C) groups is 1. The second-order valence-corrected chi connectivity index (χ2v) is 8.26. The molecule has 0 aromatic heterocycles. The number of nitrogens with zero attached hydrogens (tertiary/aromatic N) is 2. The van der Waals surface area contributed by atoms with Crippen LogP contribution in [0, 0.1) is 0 Å². The quantitative estimate of drug-likeness (QED) is 0.368. The first kappa shape index (κ1) is 22.4. The Kier molecular flexibility index (Phi) is 6.11. The van der Waals surface area contributed by atoms with E-state index < -0.39 is 16.8 Å². The summed E-state index contributed by atoms with van der Waals surface area (Å²) in [6.45, 7) is 1.43. The molecule has 0 fully saturated rings. The van der Waals surface area contributed by atoms with Crippen LogP contribution in [-0.2, 0) is 30.7 Å². The molecule has 0 spiro atoms. The van der Waals surface area contributed by atoms with Gasteiger partial charge in [-0.3, -0.25) is 19.4 Å². The zero-order chi connectivity index (χ0) is 23.7. The van der Waals surface area contributed by atoms with Gasteiger partial charge in [-0.15, -0.1) is 0 Å². The summed E-state index contributed by atoms with van der Waals surface area (Å²) in [7, 11) is 1.60. The first-order chi connectivity index (χ1) is 15.8. The maximum absolute atomic E-state index is 12.0. The van der Waals surface area contributed by atoms with Crippen molar-refractivity contribution < 1.29 is 9.90 Å². The summed E-state index contributed by atoms with van der Waals surface area (Å²) < 4.78 is 0. The number of aliphatic carboxylic acids is 1. The van der Waals surface area contributed by atoms with Gasteiger partial charge in [-0.05, 0) is 46.2 Å². The first-order valence-electron chi connectivity index (χ1n) is 10.8. The van der Waals surface area contributed by atoms with E-state index >= 15 is 0 Å². The van der Waals surface area contributed by atoms with Crippen LogP contribution in [0.15, 0.2) is 51.0 Å². The van der Waals surface area contributed by atoms with Gasteiger partial charge in [0.25, 0.3) is 10.9 Å². The fourth-order valence-corrected chi connectivity index (χ4v) is 4.64. The molecule has 1 aliphatic heterocycles. The second-order valence-electron chi connectivity index (χ2n) is 8.26. The van der Waals surface area contributed by atoms with Crippen LogP contribution in [0.3, 0.4) is 0 Å². The van der Waals surface area contributed by atoms with Crippen molar-refractivity contribution in [3.63, 3.8) is 0 Å². The third kappa shape index (κ3) is 4.17. The zero-order valence-corrected chi connectivity index (χ0v) is 18.4. The Morgan fingerprint density at radius 1 is 1.15 bits per heavy atom. The van der Waals surface area contributed by atoms with Gasteiger partial charge < -0.3 is 21.5 Å². The summed E-state index contributed by atoms with van der Waals surface area (Å²) in [4.78, 5) is 41.0. The standard InChI is InChI=1S/C25H26N4O4/c1-28-20(11-21(30)31)19-5-3-2-4-15(19)10-16-8-14(12-26)9-17-13-29(7-6-18(16)17)23-22(27)24(32)25(23)33/h2-5,8-9H,6-7,10-13,26-27H2,1H3,(H,30,31). The Morgan fingerprint density at radius 2 is 1.91 bits per heavy atom. The highest BCUT2D eigenvalue weighted by Gasteiger charge is 2.28. The monoisotopic (exact) mass is 446 g/mol. The smallest absolute Gasteiger partial charge is 0.309 e. The molecule has 5 N–H and O–H groups in total. The summed E-state index contributed by atoms with van der Waals surface area (Å²) >= 11 is 0. The zero-order valence-electron chi connectivity index (χ0n) is 18.4. The summed E-state index contributed by atoms with van der Waals surface area (Å²) in [6, 6.07) is 11.8. The van der Waals surface area contributed by atoms with E-state index in [0.29, 0.717) is 43.9 Å². The van der Waals surface area contributed by atoms with Crippen molar-refractivity contribution in [2.45, 2.75) is 32.4 Å². The van der Waals surface area contributed by atoms with E-state index in [1.54, 1.807) is 7.05 Å². The van der Waals surface area contributed by atoms with Gasteiger partial charge in [-0.25, -0.2) is 0 Å². The Balaban J connectivity index is 1.71. The molecule has 0 saturated heterocycles. The highest BCUT2D eigenvalue weighted by Crippen LogP contribution is 2.30. The predicted molar refractivity (Wildman–Crippen MR) is 129 cm³/mol. The molecule has 8 heteroatoms. The van der Waals surface area contributed by atoms with Crippen LogP contribution in [0.4, 0.5) is 11.4 Å². The van der Waals surface area contributed by atoms with E-state index in [4.69, 9.17) is 11.5 Å². The van der Waals surface area contributed by atoms with Crippen molar-refractivity contribution in [2.75, 3.05) is 24.2 Å². The average molecular weight is 447 g/mol. The lowest BCUT2D eigenvalue weighted by Crippen LogP contribution is -2.44. The van der Waals surface area contributed by atoms with Gasteiger partial charge in [0.15, 0.2) is 0 Å². The minimum Gasteiger partial charge on any atom is -0.481 e. The van der Waals surface area contributed by atoms with Gasteiger partial charge in [0.1, 0.15) is 11.4 Å². The van der Waals surface area contributed by atoms with Crippen LogP contribution < -0.4 is 27.2 Å². The lowest BCUT2D eigenvalue weighted by molar-refractivity contribution is -0.135. The Morgan fingerprint density at radius 3 is 2.58 bits per heavy atom. The highest BCUT2D eigenvalue weighted by atomic mass is 16.4. The topological polar surface area (TPSA) is 139 Å². The van der Waals surface area contributed by atoms with Gasteiger partial charge in [0.2, 0.25) is 0 Å². The van der Waals surface area contributed by atoms with Gasteiger partial charge in [-0.2, -0.15) is 0 Å². The largest absolute Gasteiger partial charge is 0.481 e. The molecule has 8 nitrogen and oxygen atoms in total. The molecule has 0 unspecified atom stereocenters. The van der Waals surface area contributed by atoms with Crippen molar-refractivity contribution in [1.29, 1.82) is 0 Å². The SMILES string of the molecule is CN=C(CC(=O)O)c1ccccc1Cc1cc(CN)cc2c1CCN(c1c(N)c(=O)c1=O)C2. The molecule has 0 aliphatic carbocycles. The molecule has 4 rings (SSSR count). The van der Waals surface area contributed by atoms with Crippen LogP contribution >= 0.6 is 0 Å². The van der Waals surface area contributed by atoms with Crippen molar-refractivity contribution in [2.24, 2.45) is 10.7 Å². The third-order valence-corrected chi connectivity index (χ3v) is 6.26. The number of hydrogen-bond acceptors (Lipinski definition) is 7. The van der Waals surface area contributed by atoms with Crippen molar-refractivity contribution in [3.05, 3.63) is 90.2 Å². The molecule has 33 heavy (non-hydrogen) atoms. The molecule has 0 bridgehead atoms. The van der Waals surface area contributed by atoms with E-state index in [9.17, 15) is 19.5 Å². The Labute approximate surface area is 190 Å². The van der Waals surface area contributed by atoms with Gasteiger partial charge in [0, 0.05) is 26.7 Å². The van der Waals surface area contributed by atoms with Gasteiger partial charge in [-0.1, -0.05) is 36.4 Å². The number of nitrogen functional groups attached to an aromatic ring is 1. The minimum atomic E-state index is -0.925. The fraction of sp³-hybridized carbons (Fsp3) is 0.280. The molecule has 3 aromatic rings. The lowest BCUT2D eigenvalue weighted by Gasteiger charge is -2.33. The van der Waals surface area contributed by atoms with E-state index in [2.05, 4.69) is 11.1 Å². The van der Waals surface area contributed by atoms with Crippen LogP contribution in [0.1, 0.15) is 39.8 Å². The van der Waals surface area contributed by atoms with Crippen LogP contribution in [0.25, 0.3) is 0 Å². The van der Waals surface area contributed by atoms with E-state index in [-0.39, 0.29) is 12.1 Å². The fourth-order valence-electron chi connectivity index (χ4n) is 4.64. The number of benzene rings is 2. The van der Waals surface area contributed by atoms with Crippen molar-refractivity contribution in [3.8, 4) is 0 Å². The summed E-state index contributed by atoms with van der Waals surface area (Å²) in [5.74, 6) is -0.925. The number of fused-ring (bicyclic) bond motifs is 1. The number of carbonyl (C=O) groups is 1. The highest BCUT2D eigenvalue weighted by molar-refractivity contribution is 6.09. The number of rotatable bonds is 7. The van der Waals surface area contributed by atoms with E-state index in [1.165, 1.54) is 5.56 Å². The predicted octanol–water partition coefficient (Wildman–Crippen LogP) is 1.37. The first-order valence-corrected chi connectivity index (χ1v) is 10.8. The molecule has 0 radical (unpaired) electrons. The minimum absolute atomic E-state index is 0.0393. The summed E-state index contributed by atoms with van der Waals surface area (Å²) in [5, 5.41) is 9.27. The molecular formula is C25H26N4O4. The summed E-state index contributed by atoms with van der Waals surface area (Å²) in [5.41, 5.74) is 17.6. The van der Waals surface area contributed by atoms with Gasteiger partial charge in [0.05, 0.1) is 12.1 Å². The number of carboxylic acids is 1. The van der Waals surface area contributed by atoms with Gasteiger partial charge >= 0.3 is 5.97 Å². The molecule has 0 amide bonds. The molecule has 1 aliphatic rings. The number of anilines is 2. The lowest BCUT2D eigenvalue weighted by atomic mass is 9.87. The third-order valence-electron chi connectivity index (χ3n) is 6.26. The molecule has 1 heterocycles. The molecule has 0 atom stereocenters. The number of carboxylic acid groups (broad SMARTS) is 1. The second kappa shape index (κ2) is 8.99. The van der Waals surface area contributed by atoms with E-state index in [0.717, 1.165) is 27.8 Å².